The Morgan fingerprint density at radius 2 is 1.83 bits per heavy atom. The summed E-state index contributed by atoms with van der Waals surface area (Å²) in [7, 11) is 0. The van der Waals surface area contributed by atoms with Crippen LogP contribution in [-0.4, -0.2) is 30.1 Å². The molecule has 9 nitrogen and oxygen atoms in total. The van der Waals surface area contributed by atoms with Crippen LogP contribution >= 0.6 is 0 Å². The largest absolute Gasteiger partial charge is 0.468 e. The van der Waals surface area contributed by atoms with E-state index in [0.717, 1.165) is 35.3 Å². The fourth-order valence-electron chi connectivity index (χ4n) is 4.45. The van der Waals surface area contributed by atoms with Crippen molar-refractivity contribution in [2.45, 2.75) is 52.4 Å². The zero-order chi connectivity index (χ0) is 24.2. The monoisotopic (exact) mass is 472 g/mol. The number of benzene rings is 1. The van der Waals surface area contributed by atoms with Crippen molar-refractivity contribution >= 4 is 10.9 Å². The van der Waals surface area contributed by atoms with Gasteiger partial charge >= 0.3 is 0 Å². The minimum Gasteiger partial charge on any atom is -0.468 e. The van der Waals surface area contributed by atoms with Gasteiger partial charge in [-0.05, 0) is 76.7 Å². The third-order valence-electron chi connectivity index (χ3n) is 6.28. The second-order valence-electron chi connectivity index (χ2n) is 8.58. The number of aromatic amines is 1. The molecule has 0 saturated carbocycles. The van der Waals surface area contributed by atoms with E-state index in [-0.39, 0.29) is 11.6 Å². The molecule has 0 bridgehead atoms. The predicted molar refractivity (Wildman–Crippen MR) is 131 cm³/mol. The number of pyridine rings is 1. The molecule has 1 atom stereocenters. The van der Waals surface area contributed by atoms with E-state index in [2.05, 4.69) is 45.3 Å². The SMILES string of the molecule is CCc1ccc2[nH]c(=O)c(CN(Cc3ccco3)C(CC)c3nnnn3Cc3ccco3)cc2c1. The van der Waals surface area contributed by atoms with Crippen molar-refractivity contribution in [3.05, 3.63) is 99.9 Å². The van der Waals surface area contributed by atoms with Crippen molar-refractivity contribution in [1.82, 2.24) is 30.1 Å². The first-order valence-electron chi connectivity index (χ1n) is 11.8. The van der Waals surface area contributed by atoms with E-state index in [9.17, 15) is 4.79 Å². The molecule has 1 N–H and O–H groups in total. The van der Waals surface area contributed by atoms with Crippen molar-refractivity contribution < 1.29 is 8.83 Å². The summed E-state index contributed by atoms with van der Waals surface area (Å²) >= 11 is 0. The second kappa shape index (κ2) is 10.1. The standard InChI is InChI=1S/C26H28N6O3/c1-3-18-9-10-23-19(13-18)14-20(26(33)27-23)15-31(16-21-7-5-11-34-21)24(4-2)25-28-29-30-32(25)17-22-8-6-12-35-22/h5-14,24H,3-4,15-17H2,1-2H3,(H,27,33). The Kier molecular flexibility index (Phi) is 6.58. The lowest BCUT2D eigenvalue weighted by Gasteiger charge is -2.29. The van der Waals surface area contributed by atoms with Gasteiger partial charge in [-0.3, -0.25) is 9.69 Å². The lowest BCUT2D eigenvalue weighted by Crippen LogP contribution is -2.32. The molecule has 9 heteroatoms. The van der Waals surface area contributed by atoms with Crippen LogP contribution < -0.4 is 5.56 Å². The van der Waals surface area contributed by atoms with Gasteiger partial charge in [0.25, 0.3) is 5.56 Å². The number of rotatable bonds is 10. The van der Waals surface area contributed by atoms with Crippen molar-refractivity contribution in [2.24, 2.45) is 0 Å². The predicted octanol–water partition coefficient (Wildman–Crippen LogP) is 4.46. The van der Waals surface area contributed by atoms with Gasteiger partial charge in [0.1, 0.15) is 18.1 Å². The zero-order valence-corrected chi connectivity index (χ0v) is 19.8. The van der Waals surface area contributed by atoms with Gasteiger partial charge in [0.05, 0.1) is 25.1 Å². The summed E-state index contributed by atoms with van der Waals surface area (Å²) in [4.78, 5) is 18.3. The van der Waals surface area contributed by atoms with E-state index in [1.165, 1.54) is 5.56 Å². The maximum absolute atomic E-state index is 13.0. The minimum atomic E-state index is -0.151. The van der Waals surface area contributed by atoms with Gasteiger partial charge in [-0.1, -0.05) is 19.9 Å². The molecule has 1 aromatic carbocycles. The highest BCUT2D eigenvalue weighted by molar-refractivity contribution is 5.79. The summed E-state index contributed by atoms with van der Waals surface area (Å²) in [5.74, 6) is 2.28. The summed E-state index contributed by atoms with van der Waals surface area (Å²) in [6.07, 6.45) is 4.97. The second-order valence-corrected chi connectivity index (χ2v) is 8.58. The van der Waals surface area contributed by atoms with Crippen LogP contribution in [0.25, 0.3) is 10.9 Å². The fraction of sp³-hybridized carbons (Fsp3) is 0.308. The Hall–Kier alpha value is -3.98. The molecule has 0 saturated heterocycles. The quantitative estimate of drug-likeness (QED) is 0.320. The molecule has 0 fully saturated rings. The van der Waals surface area contributed by atoms with E-state index >= 15 is 0 Å². The van der Waals surface area contributed by atoms with E-state index in [1.807, 2.05) is 42.5 Å². The van der Waals surface area contributed by atoms with Gasteiger partial charge in [0.2, 0.25) is 0 Å². The highest BCUT2D eigenvalue weighted by Crippen LogP contribution is 2.27. The van der Waals surface area contributed by atoms with Gasteiger partial charge in [-0.2, -0.15) is 0 Å². The van der Waals surface area contributed by atoms with Crippen molar-refractivity contribution in [3.8, 4) is 0 Å². The maximum atomic E-state index is 13.0. The minimum absolute atomic E-state index is 0.101. The summed E-state index contributed by atoms with van der Waals surface area (Å²) in [6.45, 7) is 5.55. The first-order valence-corrected chi connectivity index (χ1v) is 11.8. The van der Waals surface area contributed by atoms with E-state index in [4.69, 9.17) is 8.83 Å². The molecule has 5 rings (SSSR count). The fourth-order valence-corrected chi connectivity index (χ4v) is 4.45. The molecule has 5 aromatic rings. The number of hydrogen-bond acceptors (Lipinski definition) is 7. The Labute approximate surface area is 202 Å². The molecule has 35 heavy (non-hydrogen) atoms. The average molecular weight is 473 g/mol. The molecule has 1 unspecified atom stereocenters. The van der Waals surface area contributed by atoms with Crippen molar-refractivity contribution in [2.75, 3.05) is 0 Å². The lowest BCUT2D eigenvalue weighted by atomic mass is 10.1. The number of fused-ring (bicyclic) bond motifs is 1. The van der Waals surface area contributed by atoms with E-state index in [1.54, 1.807) is 17.2 Å². The van der Waals surface area contributed by atoms with Crippen LogP contribution in [0.1, 0.15) is 54.8 Å². The summed E-state index contributed by atoms with van der Waals surface area (Å²) in [5.41, 5.74) is 2.64. The Morgan fingerprint density at radius 3 is 2.54 bits per heavy atom. The first-order chi connectivity index (χ1) is 17.1. The number of nitrogens with one attached hydrogen (secondary N) is 1. The van der Waals surface area contributed by atoms with Gasteiger partial charge in [0, 0.05) is 17.6 Å². The van der Waals surface area contributed by atoms with Crippen molar-refractivity contribution in [1.29, 1.82) is 0 Å². The topological polar surface area (TPSA) is 106 Å². The molecular formula is C26H28N6O3. The van der Waals surface area contributed by atoms with Gasteiger partial charge in [-0.15, -0.1) is 5.10 Å². The Balaban J connectivity index is 1.51. The van der Waals surface area contributed by atoms with Gasteiger partial charge in [-0.25, -0.2) is 4.68 Å². The number of furan rings is 2. The average Bonchev–Trinajstić information content (AvgIpc) is 3.65. The first kappa shape index (κ1) is 22.8. The van der Waals surface area contributed by atoms with E-state index in [0.29, 0.717) is 31.0 Å². The summed E-state index contributed by atoms with van der Waals surface area (Å²) in [5, 5.41) is 13.5. The van der Waals surface area contributed by atoms with Crippen LogP contribution in [0.15, 0.2) is 74.7 Å². The lowest BCUT2D eigenvalue weighted by molar-refractivity contribution is 0.149. The number of nitrogens with zero attached hydrogens (tertiary/aromatic N) is 5. The number of H-pyrrole nitrogens is 1. The molecular weight excluding hydrogens is 444 g/mol. The summed E-state index contributed by atoms with van der Waals surface area (Å²) < 4.78 is 12.9. The third-order valence-corrected chi connectivity index (χ3v) is 6.28. The van der Waals surface area contributed by atoms with Gasteiger partial charge < -0.3 is 13.8 Å². The van der Waals surface area contributed by atoms with Crippen LogP contribution in [0.4, 0.5) is 0 Å². The van der Waals surface area contributed by atoms with Crippen LogP contribution in [0, 0.1) is 0 Å². The molecule has 0 amide bonds. The van der Waals surface area contributed by atoms with Crippen LogP contribution in [0.5, 0.6) is 0 Å². The molecule has 0 aliphatic heterocycles. The van der Waals surface area contributed by atoms with E-state index < -0.39 is 0 Å². The number of aryl methyl sites for hydroxylation is 1. The number of hydrogen-bond donors (Lipinski definition) is 1. The highest BCUT2D eigenvalue weighted by Gasteiger charge is 2.27. The molecule has 0 aliphatic rings. The third kappa shape index (κ3) is 4.95. The number of tetrazole rings is 1. The summed E-state index contributed by atoms with van der Waals surface area (Å²) in [6, 6.07) is 15.5. The highest BCUT2D eigenvalue weighted by atomic mass is 16.3. The molecule has 4 aromatic heterocycles. The van der Waals surface area contributed by atoms with Crippen molar-refractivity contribution in [3.63, 3.8) is 0 Å². The smallest absolute Gasteiger partial charge is 0.252 e. The Bertz CT molecular complexity index is 1440. The van der Waals surface area contributed by atoms with Crippen LogP contribution in [-0.2, 0) is 26.1 Å². The molecule has 0 radical (unpaired) electrons. The molecule has 0 spiro atoms. The molecule has 0 aliphatic carbocycles. The maximum Gasteiger partial charge on any atom is 0.252 e. The molecule has 4 heterocycles. The zero-order valence-electron chi connectivity index (χ0n) is 19.8. The molecule has 180 valence electrons. The van der Waals surface area contributed by atoms with Crippen LogP contribution in [0.2, 0.25) is 0 Å². The van der Waals surface area contributed by atoms with Gasteiger partial charge in [0.15, 0.2) is 5.82 Å². The van der Waals surface area contributed by atoms with Crippen LogP contribution in [0.3, 0.4) is 0 Å². The Morgan fingerprint density at radius 1 is 1.03 bits per heavy atom. The number of aromatic nitrogens is 5. The normalized spacial score (nSPS) is 12.5.